The van der Waals surface area contributed by atoms with Crippen LogP contribution in [0.5, 0.6) is 0 Å². The molecule has 5 nitrogen and oxygen atoms in total. The molecule has 2 N–H and O–H groups in total. The highest BCUT2D eigenvalue weighted by molar-refractivity contribution is 7.17. The van der Waals surface area contributed by atoms with Gasteiger partial charge in [0.1, 0.15) is 0 Å². The van der Waals surface area contributed by atoms with E-state index in [0.29, 0.717) is 5.56 Å². The van der Waals surface area contributed by atoms with Gasteiger partial charge in [-0.25, -0.2) is 0 Å². The molecule has 4 aromatic rings. The van der Waals surface area contributed by atoms with Crippen molar-refractivity contribution in [1.29, 1.82) is 0 Å². The van der Waals surface area contributed by atoms with Gasteiger partial charge in [0.15, 0.2) is 0 Å². The summed E-state index contributed by atoms with van der Waals surface area (Å²) in [5.74, 6) is -0.169. The van der Waals surface area contributed by atoms with Crippen molar-refractivity contribution < 1.29 is 4.79 Å². The van der Waals surface area contributed by atoms with E-state index in [9.17, 15) is 4.79 Å². The van der Waals surface area contributed by atoms with E-state index in [1.165, 1.54) is 0 Å². The second-order valence-electron chi connectivity index (χ2n) is 6.72. The Morgan fingerprint density at radius 1 is 1.11 bits per heavy atom. The van der Waals surface area contributed by atoms with Crippen LogP contribution < -0.4 is 10.6 Å². The van der Waals surface area contributed by atoms with E-state index in [1.807, 2.05) is 36.7 Å². The quantitative estimate of drug-likeness (QED) is 0.479. The standard InChI is InChI=1S/C22H20N4OS/c1-14-8-17(10-18(9-14)26-22(27)16-4-3-6-23-12-16)15(2)25-19-11-21-20(24-13-19)5-7-28-21/h3-13,15,25H,1-2H3,(H,26,27)/t15-/m0/s1. The Balaban J connectivity index is 1.53. The predicted octanol–water partition coefficient (Wildman–Crippen LogP) is 5.43. The summed E-state index contributed by atoms with van der Waals surface area (Å²) in [5.41, 5.74) is 5.47. The van der Waals surface area contributed by atoms with Gasteiger partial charge in [-0.2, -0.15) is 0 Å². The predicted molar refractivity (Wildman–Crippen MR) is 115 cm³/mol. The monoisotopic (exact) mass is 388 g/mol. The fraction of sp³-hybridized carbons (Fsp3) is 0.136. The van der Waals surface area contributed by atoms with Crippen LogP contribution in [0, 0.1) is 6.92 Å². The van der Waals surface area contributed by atoms with E-state index in [0.717, 1.165) is 32.7 Å². The van der Waals surface area contributed by atoms with Crippen molar-refractivity contribution in [2.24, 2.45) is 0 Å². The van der Waals surface area contributed by atoms with Crippen molar-refractivity contribution in [1.82, 2.24) is 9.97 Å². The Morgan fingerprint density at radius 3 is 2.82 bits per heavy atom. The number of rotatable bonds is 5. The molecule has 0 aliphatic heterocycles. The van der Waals surface area contributed by atoms with Crippen molar-refractivity contribution in [2.45, 2.75) is 19.9 Å². The van der Waals surface area contributed by atoms with E-state index < -0.39 is 0 Å². The summed E-state index contributed by atoms with van der Waals surface area (Å²) in [7, 11) is 0. The van der Waals surface area contributed by atoms with Gasteiger partial charge in [-0.3, -0.25) is 14.8 Å². The zero-order valence-corrected chi connectivity index (χ0v) is 16.5. The third-order valence-electron chi connectivity index (χ3n) is 4.47. The molecule has 0 aliphatic rings. The first-order valence-corrected chi connectivity index (χ1v) is 9.89. The van der Waals surface area contributed by atoms with Gasteiger partial charge in [0, 0.05) is 24.1 Å². The number of carbonyl (C=O) groups excluding carboxylic acids is 1. The third-order valence-corrected chi connectivity index (χ3v) is 5.32. The Hall–Kier alpha value is -3.25. The molecule has 0 unspecified atom stereocenters. The molecule has 0 fully saturated rings. The number of hydrogen-bond donors (Lipinski definition) is 2. The van der Waals surface area contributed by atoms with Gasteiger partial charge in [0.25, 0.3) is 5.91 Å². The molecule has 0 bridgehead atoms. The van der Waals surface area contributed by atoms with Gasteiger partial charge >= 0.3 is 0 Å². The van der Waals surface area contributed by atoms with Crippen LogP contribution in [0.15, 0.2) is 66.4 Å². The Morgan fingerprint density at radius 2 is 2.00 bits per heavy atom. The van der Waals surface area contributed by atoms with Crippen LogP contribution >= 0.6 is 11.3 Å². The molecule has 1 aromatic carbocycles. The number of carbonyl (C=O) groups is 1. The fourth-order valence-electron chi connectivity index (χ4n) is 3.09. The van der Waals surface area contributed by atoms with E-state index in [2.05, 4.69) is 39.7 Å². The molecule has 3 heterocycles. The number of thiophene rings is 1. The highest BCUT2D eigenvalue weighted by Crippen LogP contribution is 2.27. The lowest BCUT2D eigenvalue weighted by atomic mass is 10.0. The normalized spacial score (nSPS) is 11.9. The first-order valence-electron chi connectivity index (χ1n) is 9.01. The maximum Gasteiger partial charge on any atom is 0.257 e. The lowest BCUT2D eigenvalue weighted by Crippen LogP contribution is -2.13. The largest absolute Gasteiger partial charge is 0.377 e. The molecule has 1 atom stereocenters. The zero-order valence-electron chi connectivity index (χ0n) is 15.6. The topological polar surface area (TPSA) is 66.9 Å². The molecule has 1 amide bonds. The van der Waals surface area contributed by atoms with Crippen LogP contribution in [0.4, 0.5) is 11.4 Å². The first kappa shape index (κ1) is 18.1. The fourth-order valence-corrected chi connectivity index (χ4v) is 3.87. The molecule has 0 aliphatic carbocycles. The summed E-state index contributed by atoms with van der Waals surface area (Å²) in [6.45, 7) is 4.12. The number of nitrogens with zero attached hydrogens (tertiary/aromatic N) is 2. The number of amides is 1. The molecule has 0 radical (unpaired) electrons. The Kier molecular flexibility index (Phi) is 5.04. The second-order valence-corrected chi connectivity index (χ2v) is 7.67. The molecular weight excluding hydrogens is 368 g/mol. The highest BCUT2D eigenvalue weighted by atomic mass is 32.1. The van der Waals surface area contributed by atoms with Crippen LogP contribution in [0.1, 0.15) is 34.5 Å². The number of aryl methyl sites for hydroxylation is 1. The van der Waals surface area contributed by atoms with Gasteiger partial charge in [-0.05, 0) is 66.8 Å². The minimum atomic E-state index is -0.169. The van der Waals surface area contributed by atoms with Gasteiger partial charge in [0.05, 0.1) is 27.7 Å². The van der Waals surface area contributed by atoms with Gasteiger partial charge in [-0.1, -0.05) is 6.07 Å². The number of pyridine rings is 2. The van der Waals surface area contributed by atoms with E-state index in [-0.39, 0.29) is 11.9 Å². The van der Waals surface area contributed by atoms with Crippen LogP contribution in [0.3, 0.4) is 0 Å². The summed E-state index contributed by atoms with van der Waals surface area (Å²) in [4.78, 5) is 20.9. The van der Waals surface area contributed by atoms with Gasteiger partial charge in [-0.15, -0.1) is 11.3 Å². The smallest absolute Gasteiger partial charge is 0.257 e. The molecule has 3 aromatic heterocycles. The van der Waals surface area contributed by atoms with E-state index in [4.69, 9.17) is 0 Å². The Bertz CT molecular complexity index is 1120. The van der Waals surface area contributed by atoms with Crippen LogP contribution in [0.25, 0.3) is 10.2 Å². The lowest BCUT2D eigenvalue weighted by Gasteiger charge is -2.18. The summed E-state index contributed by atoms with van der Waals surface area (Å²) < 4.78 is 1.16. The molecular formula is C22H20N4OS. The van der Waals surface area contributed by atoms with Crippen LogP contribution in [-0.2, 0) is 0 Å². The highest BCUT2D eigenvalue weighted by Gasteiger charge is 2.11. The van der Waals surface area contributed by atoms with Crippen molar-refractivity contribution in [2.75, 3.05) is 10.6 Å². The second kappa shape index (κ2) is 7.78. The Labute approximate surface area is 167 Å². The van der Waals surface area contributed by atoms with E-state index in [1.54, 1.807) is 35.9 Å². The van der Waals surface area contributed by atoms with Crippen LogP contribution in [-0.4, -0.2) is 15.9 Å². The maximum atomic E-state index is 12.4. The SMILES string of the molecule is Cc1cc(NC(=O)c2cccnc2)cc([C@H](C)Nc2cnc3ccsc3c2)c1. The number of aromatic nitrogens is 2. The van der Waals surface area contributed by atoms with Crippen molar-refractivity contribution in [3.05, 3.63) is 83.1 Å². The number of anilines is 2. The molecule has 4 rings (SSSR count). The van der Waals surface area contributed by atoms with Crippen molar-refractivity contribution in [3.63, 3.8) is 0 Å². The molecule has 0 spiro atoms. The molecule has 140 valence electrons. The van der Waals surface area contributed by atoms with Crippen LogP contribution in [0.2, 0.25) is 0 Å². The minimum Gasteiger partial charge on any atom is -0.377 e. The maximum absolute atomic E-state index is 12.4. The first-order chi connectivity index (χ1) is 13.6. The van der Waals surface area contributed by atoms with Crippen molar-refractivity contribution in [3.8, 4) is 0 Å². The molecule has 0 saturated heterocycles. The molecule has 6 heteroatoms. The number of hydrogen-bond acceptors (Lipinski definition) is 5. The summed E-state index contributed by atoms with van der Waals surface area (Å²) in [5, 5.41) is 8.51. The van der Waals surface area contributed by atoms with Gasteiger partial charge < -0.3 is 10.6 Å². The molecule has 28 heavy (non-hydrogen) atoms. The van der Waals surface area contributed by atoms with Gasteiger partial charge in [0.2, 0.25) is 0 Å². The molecule has 0 saturated carbocycles. The van der Waals surface area contributed by atoms with E-state index >= 15 is 0 Å². The average molecular weight is 388 g/mol. The third kappa shape index (κ3) is 4.02. The summed E-state index contributed by atoms with van der Waals surface area (Å²) in [6.07, 6.45) is 5.06. The number of benzene rings is 1. The number of nitrogens with one attached hydrogen (secondary N) is 2. The summed E-state index contributed by atoms with van der Waals surface area (Å²) in [6, 6.07) is 13.8. The summed E-state index contributed by atoms with van der Waals surface area (Å²) >= 11 is 1.68. The zero-order chi connectivity index (χ0) is 19.5. The van der Waals surface area contributed by atoms with Crippen molar-refractivity contribution >= 4 is 38.8 Å². The lowest BCUT2D eigenvalue weighted by molar-refractivity contribution is 0.102. The minimum absolute atomic E-state index is 0.0631. The number of fused-ring (bicyclic) bond motifs is 1. The average Bonchev–Trinajstić information content (AvgIpc) is 3.16.